The van der Waals surface area contributed by atoms with Crippen LogP contribution in [0.2, 0.25) is 0 Å². The predicted molar refractivity (Wildman–Crippen MR) is 116 cm³/mol. The lowest BCUT2D eigenvalue weighted by Gasteiger charge is -2.24. The summed E-state index contributed by atoms with van der Waals surface area (Å²) >= 11 is 0. The third-order valence-electron chi connectivity index (χ3n) is 5.04. The minimum atomic E-state index is -1.27. The normalized spacial score (nSPS) is 15.4. The van der Waals surface area contributed by atoms with E-state index in [1.807, 2.05) is 0 Å². The highest BCUT2D eigenvalue weighted by Gasteiger charge is 2.27. The van der Waals surface area contributed by atoms with Crippen molar-refractivity contribution < 1.29 is 24.6 Å². The van der Waals surface area contributed by atoms with Crippen LogP contribution in [-0.2, 0) is 9.59 Å². The Labute approximate surface area is 186 Å². The monoisotopic (exact) mass is 457 g/mol. The first-order valence-electron chi connectivity index (χ1n) is 9.99. The van der Waals surface area contributed by atoms with E-state index in [4.69, 9.17) is 10.8 Å². The molecule has 0 fully saturated rings. The number of hydrogen-bond donors (Lipinski definition) is 5. The van der Waals surface area contributed by atoms with Crippen molar-refractivity contribution in [3.05, 3.63) is 51.0 Å². The van der Waals surface area contributed by atoms with E-state index in [1.54, 1.807) is 12.1 Å². The van der Waals surface area contributed by atoms with Gasteiger partial charge in [-0.25, -0.2) is 4.79 Å². The molecule has 1 aliphatic heterocycles. The number of hydrogen-bond acceptors (Lipinski definition) is 9. The van der Waals surface area contributed by atoms with Crippen LogP contribution in [-0.4, -0.2) is 75.1 Å². The minimum Gasteiger partial charge on any atom is -0.481 e. The molecule has 33 heavy (non-hydrogen) atoms. The fourth-order valence-electron chi connectivity index (χ4n) is 3.28. The summed E-state index contributed by atoms with van der Waals surface area (Å²) in [6, 6.07) is 4.81. The first kappa shape index (κ1) is 23.4. The number of carboxylic acids is 2. The summed E-state index contributed by atoms with van der Waals surface area (Å²) in [6.45, 7) is 0.695. The molecular formula is C20H23N7O6. The molecule has 0 aliphatic carbocycles. The van der Waals surface area contributed by atoms with Crippen molar-refractivity contribution in [2.45, 2.75) is 24.9 Å². The number of nitrogen functional groups attached to an aromatic ring is 1. The first-order valence-corrected chi connectivity index (χ1v) is 9.99. The summed E-state index contributed by atoms with van der Waals surface area (Å²) in [5.41, 5.74) is 6.19. The zero-order chi connectivity index (χ0) is 24.1. The number of nitrogens with two attached hydrogens (primary N) is 1. The average molecular weight is 457 g/mol. The number of anilines is 2. The Morgan fingerprint density at radius 1 is 1.27 bits per heavy atom. The zero-order valence-corrected chi connectivity index (χ0v) is 17.7. The first-order chi connectivity index (χ1) is 15.7. The molecule has 1 aliphatic rings. The van der Waals surface area contributed by atoms with E-state index in [-0.39, 0.29) is 41.2 Å². The number of rotatable bonds is 9. The van der Waals surface area contributed by atoms with Crippen molar-refractivity contribution in [3.63, 3.8) is 0 Å². The Kier molecular flexibility index (Phi) is 7.00. The molecule has 2 atom stereocenters. The van der Waals surface area contributed by atoms with Crippen LogP contribution in [0.3, 0.4) is 0 Å². The summed E-state index contributed by atoms with van der Waals surface area (Å²) in [7, 11) is 1.32. The number of H-pyrrole nitrogens is 1. The van der Waals surface area contributed by atoms with Crippen molar-refractivity contribution in [2.24, 2.45) is 9.98 Å². The number of fused-ring (bicyclic) bond motifs is 1. The molecule has 2 aromatic rings. The van der Waals surface area contributed by atoms with Gasteiger partial charge in [-0.1, -0.05) is 0 Å². The molecule has 0 saturated carbocycles. The quantitative estimate of drug-likeness (QED) is 0.296. The van der Waals surface area contributed by atoms with Gasteiger partial charge in [0.25, 0.3) is 11.5 Å². The number of nitrogens with one attached hydrogen (secondary N) is 2. The Balaban J connectivity index is 1.63. The number of aromatic amines is 1. The third kappa shape index (κ3) is 5.70. The zero-order valence-electron chi connectivity index (χ0n) is 17.7. The van der Waals surface area contributed by atoms with Crippen molar-refractivity contribution >= 4 is 29.5 Å². The number of carbonyl (C=O) groups is 3. The van der Waals surface area contributed by atoms with E-state index < -0.39 is 29.4 Å². The third-order valence-corrected chi connectivity index (χ3v) is 5.04. The molecule has 1 unspecified atom stereocenters. The Morgan fingerprint density at radius 3 is 2.61 bits per heavy atom. The summed E-state index contributed by atoms with van der Waals surface area (Å²) in [4.78, 5) is 62.8. The van der Waals surface area contributed by atoms with Gasteiger partial charge in [-0.2, -0.15) is 4.98 Å². The fourth-order valence-corrected chi connectivity index (χ4v) is 3.28. The van der Waals surface area contributed by atoms with Crippen LogP contribution in [0.4, 0.5) is 11.6 Å². The Bertz CT molecular complexity index is 1240. The molecule has 0 radical (unpaired) electrons. The van der Waals surface area contributed by atoms with E-state index in [2.05, 4.69) is 25.3 Å². The molecule has 0 spiro atoms. The van der Waals surface area contributed by atoms with E-state index >= 15 is 0 Å². The van der Waals surface area contributed by atoms with Crippen LogP contribution in [0, 0.1) is 0 Å². The topological polar surface area (TPSA) is 203 Å². The number of aromatic nitrogens is 2. The summed E-state index contributed by atoms with van der Waals surface area (Å²) in [6.07, 6.45) is -0.563. The molecular weight excluding hydrogens is 434 g/mol. The van der Waals surface area contributed by atoms with Gasteiger partial charge in [0.05, 0.1) is 12.6 Å². The fraction of sp³-hybridized carbons (Fsp3) is 0.350. The van der Waals surface area contributed by atoms with Gasteiger partial charge in [-0.3, -0.25) is 29.4 Å². The van der Waals surface area contributed by atoms with Crippen LogP contribution in [0.1, 0.15) is 23.2 Å². The number of benzene rings is 1. The van der Waals surface area contributed by atoms with Gasteiger partial charge < -0.3 is 26.2 Å². The van der Waals surface area contributed by atoms with E-state index in [0.29, 0.717) is 18.8 Å². The largest absolute Gasteiger partial charge is 0.481 e. The smallest absolute Gasteiger partial charge is 0.326 e. The molecule has 0 bridgehead atoms. The summed E-state index contributed by atoms with van der Waals surface area (Å²) in [5, 5.41) is 21.4. The molecule has 2 heterocycles. The number of nitrogens with zero attached hydrogens (tertiary/aromatic N) is 4. The second kappa shape index (κ2) is 9.89. The van der Waals surface area contributed by atoms with Gasteiger partial charge in [0.1, 0.15) is 6.04 Å². The van der Waals surface area contributed by atoms with Crippen molar-refractivity contribution in [1.29, 1.82) is 0 Å². The maximum absolute atomic E-state index is 12.6. The minimum absolute atomic E-state index is 0.0221. The second-order valence-electron chi connectivity index (χ2n) is 7.41. The highest BCUT2D eigenvalue weighted by Crippen LogP contribution is 2.15. The van der Waals surface area contributed by atoms with Crippen molar-refractivity contribution in [2.75, 3.05) is 31.2 Å². The number of aliphatic carboxylic acids is 2. The number of carboxylic acid groups (broad SMARTS) is 2. The molecule has 6 N–H and O–H groups in total. The molecule has 1 aromatic carbocycles. The van der Waals surface area contributed by atoms with Crippen LogP contribution in [0.25, 0.3) is 0 Å². The maximum atomic E-state index is 12.6. The lowest BCUT2D eigenvalue weighted by atomic mass is 10.1. The molecule has 1 amide bonds. The molecule has 0 saturated heterocycles. The summed E-state index contributed by atoms with van der Waals surface area (Å²) in [5.74, 6) is -2.97. The number of carbonyl (C=O) groups excluding carboxylic acids is 1. The number of amides is 1. The average Bonchev–Trinajstić information content (AvgIpc) is 2.77. The van der Waals surface area contributed by atoms with E-state index in [0.717, 1.165) is 4.90 Å². The van der Waals surface area contributed by atoms with Gasteiger partial charge in [-0.15, -0.1) is 0 Å². The number of likely N-dealkylation sites (N-methyl/N-ethyl adjacent to an activating group) is 1. The van der Waals surface area contributed by atoms with Gasteiger partial charge in [-0.05, 0) is 30.7 Å². The SMILES string of the molecule is CN(C(=O)c1ccc(NCC2CN=c3nc(N)[nH]c(=O)c3=N2)cc1)[C@@H](CCC(=O)O)C(=O)O. The molecule has 1 aromatic heterocycles. The van der Waals surface area contributed by atoms with Gasteiger partial charge in [0.15, 0.2) is 10.8 Å². The Morgan fingerprint density at radius 2 is 1.97 bits per heavy atom. The highest BCUT2D eigenvalue weighted by molar-refractivity contribution is 5.96. The van der Waals surface area contributed by atoms with Crippen LogP contribution >= 0.6 is 0 Å². The lowest BCUT2D eigenvalue weighted by Crippen LogP contribution is -2.48. The molecule has 13 nitrogen and oxygen atoms in total. The molecule has 13 heteroatoms. The summed E-state index contributed by atoms with van der Waals surface area (Å²) < 4.78 is 0. The van der Waals surface area contributed by atoms with Crippen molar-refractivity contribution in [1.82, 2.24) is 14.9 Å². The van der Waals surface area contributed by atoms with E-state index in [9.17, 15) is 24.3 Å². The standard InChI is InChI=1S/C20H23N7O6/c1-27(13(19(32)33)6-7-14(28)29)18(31)10-2-4-11(5-3-10)22-8-12-9-23-16-15(24-12)17(30)26-20(21)25-16/h2-5,12-13,22H,6-9H2,1H3,(H,28,29)(H,32,33)(H3,21,23,25,26,30)/t12?,13-/m0/s1. The van der Waals surface area contributed by atoms with Gasteiger partial charge >= 0.3 is 11.9 Å². The van der Waals surface area contributed by atoms with E-state index in [1.165, 1.54) is 19.2 Å². The lowest BCUT2D eigenvalue weighted by molar-refractivity contribution is -0.143. The predicted octanol–water partition coefficient (Wildman–Crippen LogP) is -1.52. The van der Waals surface area contributed by atoms with Crippen molar-refractivity contribution in [3.8, 4) is 0 Å². The molecule has 3 rings (SSSR count). The highest BCUT2D eigenvalue weighted by atomic mass is 16.4. The van der Waals surface area contributed by atoms with Crippen LogP contribution in [0.15, 0.2) is 39.0 Å². The van der Waals surface area contributed by atoms with Crippen LogP contribution in [0.5, 0.6) is 0 Å². The molecule has 174 valence electrons. The van der Waals surface area contributed by atoms with Gasteiger partial charge in [0.2, 0.25) is 5.95 Å². The maximum Gasteiger partial charge on any atom is 0.326 e. The second-order valence-corrected chi connectivity index (χ2v) is 7.41. The van der Waals surface area contributed by atoms with Gasteiger partial charge in [0, 0.05) is 31.3 Å². The Hall–Kier alpha value is -4.29. The van der Waals surface area contributed by atoms with Crippen LogP contribution < -0.4 is 27.5 Å².